The molecule has 1 aromatic rings. The third kappa shape index (κ3) is 7.32. The topological polar surface area (TPSA) is 0 Å². The second-order valence-electron chi connectivity index (χ2n) is 3.55. The Morgan fingerprint density at radius 1 is 1.15 bits per heavy atom. The highest BCUT2D eigenvalue weighted by Gasteiger charge is 1.84. The van der Waals surface area contributed by atoms with Crippen LogP contribution in [-0.2, 0) is 6.42 Å². The molecule has 0 bridgehead atoms. The van der Waals surface area contributed by atoms with Crippen LogP contribution in [-0.4, -0.2) is 0 Å². The highest BCUT2D eigenvalue weighted by Crippen LogP contribution is 2.02. The van der Waals surface area contributed by atoms with Gasteiger partial charge >= 0.3 is 0 Å². The first-order chi connectivity index (χ1) is 6.06. The molecule has 0 radical (unpaired) electrons. The smallest absolute Gasteiger partial charge is 0.0307 e. The van der Waals surface area contributed by atoms with E-state index in [-0.39, 0.29) is 0 Å². The minimum Gasteiger partial charge on any atom is -0.100 e. The zero-order valence-electron chi connectivity index (χ0n) is 9.22. The van der Waals surface area contributed by atoms with Crippen molar-refractivity contribution in [2.75, 3.05) is 0 Å². The van der Waals surface area contributed by atoms with Gasteiger partial charge in [0.15, 0.2) is 0 Å². The van der Waals surface area contributed by atoms with Crippen molar-refractivity contribution in [1.29, 1.82) is 0 Å². The number of hydrogen-bond acceptors (Lipinski definition) is 0. The predicted octanol–water partition coefficient (Wildman–Crippen LogP) is 4.14. The summed E-state index contributed by atoms with van der Waals surface area (Å²) in [5.74, 6) is 0. The molecule has 0 saturated heterocycles. The SMILES string of the molecule is C=C(C)C.CCc1ccc(C)cc1. The second-order valence-corrected chi connectivity index (χ2v) is 3.55. The lowest BCUT2D eigenvalue weighted by Gasteiger charge is -1.94. The molecule has 0 amide bonds. The average molecular weight is 176 g/mol. The van der Waals surface area contributed by atoms with Crippen molar-refractivity contribution in [3.63, 3.8) is 0 Å². The molecule has 0 fully saturated rings. The van der Waals surface area contributed by atoms with E-state index in [1.807, 2.05) is 13.8 Å². The Hall–Kier alpha value is -1.04. The summed E-state index contributed by atoms with van der Waals surface area (Å²) in [6.07, 6.45) is 1.14. The van der Waals surface area contributed by atoms with Gasteiger partial charge in [-0.25, -0.2) is 0 Å². The van der Waals surface area contributed by atoms with Gasteiger partial charge in [0.2, 0.25) is 0 Å². The first-order valence-electron chi connectivity index (χ1n) is 4.74. The number of aryl methyl sites for hydroxylation is 2. The van der Waals surface area contributed by atoms with Crippen molar-refractivity contribution < 1.29 is 0 Å². The van der Waals surface area contributed by atoms with Crippen LogP contribution >= 0.6 is 0 Å². The minimum atomic E-state index is 1.14. The number of rotatable bonds is 1. The fourth-order valence-corrected chi connectivity index (χ4v) is 0.824. The minimum absolute atomic E-state index is 1.14. The molecule has 0 aromatic heterocycles. The van der Waals surface area contributed by atoms with Crippen LogP contribution in [0.5, 0.6) is 0 Å². The Morgan fingerprint density at radius 3 is 1.85 bits per heavy atom. The predicted molar refractivity (Wildman–Crippen MR) is 61.0 cm³/mol. The maximum atomic E-state index is 3.56. The largest absolute Gasteiger partial charge is 0.100 e. The van der Waals surface area contributed by atoms with Crippen molar-refractivity contribution in [2.45, 2.75) is 34.1 Å². The molecule has 0 nitrogen and oxygen atoms in total. The number of allylic oxidation sites excluding steroid dienone is 1. The average Bonchev–Trinajstić information content (AvgIpc) is 2.05. The summed E-state index contributed by atoms with van der Waals surface area (Å²) in [5, 5.41) is 0. The molecule has 0 aliphatic carbocycles. The maximum Gasteiger partial charge on any atom is -0.0307 e. The van der Waals surface area contributed by atoms with Crippen molar-refractivity contribution in [3.05, 3.63) is 47.5 Å². The highest BCUT2D eigenvalue weighted by atomic mass is 13.9. The van der Waals surface area contributed by atoms with Crippen LogP contribution in [0.1, 0.15) is 31.9 Å². The van der Waals surface area contributed by atoms with Crippen LogP contribution in [0.15, 0.2) is 36.4 Å². The molecule has 0 N–H and O–H groups in total. The van der Waals surface area contributed by atoms with Gasteiger partial charge in [0.1, 0.15) is 0 Å². The summed E-state index contributed by atoms with van der Waals surface area (Å²) in [6.45, 7) is 11.8. The first kappa shape index (κ1) is 12.0. The summed E-state index contributed by atoms with van der Waals surface area (Å²) < 4.78 is 0. The van der Waals surface area contributed by atoms with Crippen LogP contribution in [0.25, 0.3) is 0 Å². The summed E-state index contributed by atoms with van der Waals surface area (Å²) in [7, 11) is 0. The second kappa shape index (κ2) is 6.47. The summed E-state index contributed by atoms with van der Waals surface area (Å²) in [4.78, 5) is 0. The molecule has 0 aliphatic heterocycles. The molecule has 1 rings (SSSR count). The molecule has 72 valence electrons. The zero-order chi connectivity index (χ0) is 10.3. The van der Waals surface area contributed by atoms with Gasteiger partial charge in [-0.1, -0.05) is 42.3 Å². The molecule has 13 heavy (non-hydrogen) atoms. The van der Waals surface area contributed by atoms with Gasteiger partial charge in [-0.15, -0.1) is 6.58 Å². The van der Waals surface area contributed by atoms with Crippen LogP contribution < -0.4 is 0 Å². The molecule has 0 heterocycles. The molecule has 1 aromatic carbocycles. The van der Waals surface area contributed by atoms with Crippen LogP contribution in [0.2, 0.25) is 0 Å². The molecular formula is C13H20. The maximum absolute atomic E-state index is 3.56. The normalized spacial score (nSPS) is 8.62. The molecule has 0 saturated carbocycles. The van der Waals surface area contributed by atoms with Gasteiger partial charge in [-0.2, -0.15) is 0 Å². The molecule has 0 aliphatic rings. The molecule has 0 unspecified atom stereocenters. The Kier molecular flexibility index (Phi) is 5.96. The summed E-state index contributed by atoms with van der Waals surface area (Å²) in [6, 6.07) is 8.66. The van der Waals surface area contributed by atoms with E-state index in [0.29, 0.717) is 0 Å². The van der Waals surface area contributed by atoms with E-state index in [1.54, 1.807) is 0 Å². The van der Waals surface area contributed by atoms with Crippen molar-refractivity contribution in [1.82, 2.24) is 0 Å². The quantitative estimate of drug-likeness (QED) is 0.564. The van der Waals surface area contributed by atoms with Gasteiger partial charge in [-0.3, -0.25) is 0 Å². The lowest BCUT2D eigenvalue weighted by Crippen LogP contribution is -1.77. The third-order valence-corrected chi connectivity index (χ3v) is 1.53. The van der Waals surface area contributed by atoms with E-state index in [1.165, 1.54) is 16.7 Å². The number of hydrogen-bond donors (Lipinski definition) is 0. The standard InChI is InChI=1S/C9H12.C4H8/c1-3-9-6-4-8(2)5-7-9;1-4(2)3/h4-7H,3H2,1-2H3;1H2,2-3H3. The van der Waals surface area contributed by atoms with E-state index >= 15 is 0 Å². The molecule has 0 atom stereocenters. The van der Waals surface area contributed by atoms with Gasteiger partial charge in [0.05, 0.1) is 0 Å². The van der Waals surface area contributed by atoms with Crippen LogP contribution in [0.3, 0.4) is 0 Å². The van der Waals surface area contributed by atoms with Gasteiger partial charge < -0.3 is 0 Å². The van der Waals surface area contributed by atoms with E-state index in [2.05, 4.69) is 44.7 Å². The van der Waals surface area contributed by atoms with E-state index < -0.39 is 0 Å². The summed E-state index contributed by atoms with van der Waals surface area (Å²) in [5.41, 5.74) is 3.92. The van der Waals surface area contributed by atoms with Crippen molar-refractivity contribution >= 4 is 0 Å². The van der Waals surface area contributed by atoms with Gasteiger partial charge in [0, 0.05) is 0 Å². The molecular weight excluding hydrogens is 156 g/mol. The van der Waals surface area contributed by atoms with Gasteiger partial charge in [0.25, 0.3) is 0 Å². The third-order valence-electron chi connectivity index (χ3n) is 1.53. The van der Waals surface area contributed by atoms with Crippen LogP contribution in [0.4, 0.5) is 0 Å². The van der Waals surface area contributed by atoms with E-state index in [0.717, 1.165) is 6.42 Å². The lowest BCUT2D eigenvalue weighted by atomic mass is 10.1. The Bertz CT molecular complexity index is 237. The monoisotopic (exact) mass is 176 g/mol. The van der Waals surface area contributed by atoms with Gasteiger partial charge in [-0.05, 0) is 32.8 Å². The summed E-state index contributed by atoms with van der Waals surface area (Å²) >= 11 is 0. The Labute approximate surface area is 82.3 Å². The molecule has 0 spiro atoms. The Balaban J connectivity index is 0.000000310. The fourth-order valence-electron chi connectivity index (χ4n) is 0.824. The first-order valence-corrected chi connectivity index (χ1v) is 4.74. The molecule has 0 heteroatoms. The Morgan fingerprint density at radius 2 is 1.54 bits per heavy atom. The highest BCUT2D eigenvalue weighted by molar-refractivity contribution is 5.20. The van der Waals surface area contributed by atoms with Crippen molar-refractivity contribution in [2.24, 2.45) is 0 Å². The van der Waals surface area contributed by atoms with E-state index in [9.17, 15) is 0 Å². The number of benzene rings is 1. The lowest BCUT2D eigenvalue weighted by molar-refractivity contribution is 1.14. The fraction of sp³-hybridized carbons (Fsp3) is 0.385. The zero-order valence-corrected chi connectivity index (χ0v) is 9.22. The van der Waals surface area contributed by atoms with Crippen LogP contribution in [0, 0.1) is 6.92 Å². The van der Waals surface area contributed by atoms with Crippen molar-refractivity contribution in [3.8, 4) is 0 Å². The van der Waals surface area contributed by atoms with E-state index in [4.69, 9.17) is 0 Å².